The largest absolute Gasteiger partial charge is 0.496 e. The van der Waals surface area contributed by atoms with Crippen molar-refractivity contribution in [1.29, 1.82) is 0 Å². The summed E-state index contributed by atoms with van der Waals surface area (Å²) in [7, 11) is 1.57. The summed E-state index contributed by atoms with van der Waals surface area (Å²) < 4.78 is 53.6. The minimum atomic E-state index is -4.39. The maximum absolute atomic E-state index is 12.9. The standard InChI is InChI=1S/C27H31F3N4O4/c1-19-24(20-8-3-5-10-22(20)36-2)25(32-38-19)26(35)31-12-7-13-33-14-16-34(17-15-33)21-9-4-6-11-23(21)37-18-27(28,29)30/h3-6,8-11H,7,12-18H2,1-2H3,(H,31,35). The van der Waals surface area contributed by atoms with E-state index < -0.39 is 12.8 Å². The van der Waals surface area contributed by atoms with Crippen molar-refractivity contribution in [3.05, 3.63) is 60.0 Å². The molecule has 1 N–H and O–H groups in total. The van der Waals surface area contributed by atoms with E-state index in [0.717, 1.165) is 31.6 Å². The van der Waals surface area contributed by atoms with Gasteiger partial charge in [0.2, 0.25) is 0 Å². The molecule has 0 bridgehead atoms. The highest BCUT2D eigenvalue weighted by Crippen LogP contribution is 2.34. The Labute approximate surface area is 219 Å². The molecule has 1 aliphatic rings. The molecule has 8 nitrogen and oxygen atoms in total. The van der Waals surface area contributed by atoms with Gasteiger partial charge in [-0.25, -0.2) is 0 Å². The molecule has 1 aliphatic heterocycles. The van der Waals surface area contributed by atoms with Gasteiger partial charge in [-0.05, 0) is 38.1 Å². The lowest BCUT2D eigenvalue weighted by molar-refractivity contribution is -0.153. The van der Waals surface area contributed by atoms with Crippen LogP contribution in [0.15, 0.2) is 53.1 Å². The summed E-state index contributed by atoms with van der Waals surface area (Å²) in [6.45, 7) is 4.51. The van der Waals surface area contributed by atoms with Gasteiger partial charge in [0, 0.05) is 38.3 Å². The first-order valence-electron chi connectivity index (χ1n) is 12.4. The Morgan fingerprint density at radius 1 is 1.05 bits per heavy atom. The molecule has 4 rings (SSSR count). The summed E-state index contributed by atoms with van der Waals surface area (Å²) in [6.07, 6.45) is -3.65. The van der Waals surface area contributed by atoms with Crippen molar-refractivity contribution in [2.45, 2.75) is 19.5 Å². The fraction of sp³-hybridized carbons (Fsp3) is 0.407. The number of halogens is 3. The van der Waals surface area contributed by atoms with Crippen LogP contribution in [-0.4, -0.2) is 75.1 Å². The Balaban J connectivity index is 1.25. The molecule has 2 heterocycles. The Kier molecular flexibility index (Phi) is 8.77. The molecule has 3 aromatic rings. The van der Waals surface area contributed by atoms with Crippen molar-refractivity contribution in [2.24, 2.45) is 0 Å². The third kappa shape index (κ3) is 6.77. The predicted octanol–water partition coefficient (Wildman–Crippen LogP) is 4.54. The number of aromatic nitrogens is 1. The fourth-order valence-corrected chi connectivity index (χ4v) is 4.50. The maximum Gasteiger partial charge on any atom is 0.422 e. The van der Waals surface area contributed by atoms with Gasteiger partial charge in [-0.1, -0.05) is 35.5 Å². The molecular weight excluding hydrogens is 501 g/mol. The number of aryl methyl sites for hydroxylation is 1. The zero-order valence-corrected chi connectivity index (χ0v) is 21.4. The van der Waals surface area contributed by atoms with Crippen molar-refractivity contribution in [3.63, 3.8) is 0 Å². The van der Waals surface area contributed by atoms with E-state index in [1.165, 1.54) is 0 Å². The maximum atomic E-state index is 12.9. The van der Waals surface area contributed by atoms with Gasteiger partial charge in [0.1, 0.15) is 17.3 Å². The highest BCUT2D eigenvalue weighted by Gasteiger charge is 2.29. The van der Waals surface area contributed by atoms with Crippen molar-refractivity contribution >= 4 is 11.6 Å². The predicted molar refractivity (Wildman–Crippen MR) is 137 cm³/mol. The van der Waals surface area contributed by atoms with Crippen molar-refractivity contribution in [1.82, 2.24) is 15.4 Å². The number of nitrogens with one attached hydrogen (secondary N) is 1. The minimum absolute atomic E-state index is 0.215. The van der Waals surface area contributed by atoms with E-state index in [9.17, 15) is 18.0 Å². The summed E-state index contributed by atoms with van der Waals surface area (Å²) in [5.74, 6) is 1.07. The number of alkyl halides is 3. The summed E-state index contributed by atoms with van der Waals surface area (Å²) in [5.41, 5.74) is 2.22. The zero-order valence-electron chi connectivity index (χ0n) is 21.4. The van der Waals surface area contributed by atoms with Crippen molar-refractivity contribution in [3.8, 4) is 22.6 Å². The Hall–Kier alpha value is -3.73. The van der Waals surface area contributed by atoms with Gasteiger partial charge in [-0.2, -0.15) is 13.2 Å². The fourth-order valence-electron chi connectivity index (χ4n) is 4.50. The lowest BCUT2D eigenvalue weighted by Crippen LogP contribution is -2.47. The number of para-hydroxylation sites is 3. The molecule has 0 aliphatic carbocycles. The van der Waals surface area contributed by atoms with Crippen LogP contribution in [0.1, 0.15) is 22.7 Å². The van der Waals surface area contributed by atoms with Gasteiger partial charge in [0.25, 0.3) is 5.91 Å². The molecule has 1 aromatic heterocycles. The van der Waals surface area contributed by atoms with E-state index in [4.69, 9.17) is 14.0 Å². The second kappa shape index (κ2) is 12.2. The normalized spacial score (nSPS) is 14.4. The number of amides is 1. The Morgan fingerprint density at radius 3 is 2.45 bits per heavy atom. The molecule has 204 valence electrons. The third-order valence-corrected chi connectivity index (χ3v) is 6.36. The zero-order chi connectivity index (χ0) is 27.1. The quantitative estimate of drug-likeness (QED) is 0.384. The lowest BCUT2D eigenvalue weighted by Gasteiger charge is -2.36. The van der Waals surface area contributed by atoms with E-state index in [1.807, 2.05) is 29.2 Å². The molecule has 11 heteroatoms. The van der Waals surface area contributed by atoms with E-state index >= 15 is 0 Å². The average Bonchev–Trinajstić information content (AvgIpc) is 3.31. The number of hydrogen-bond acceptors (Lipinski definition) is 7. The van der Waals surface area contributed by atoms with Gasteiger partial charge in [0.15, 0.2) is 12.3 Å². The lowest BCUT2D eigenvalue weighted by atomic mass is 10.0. The van der Waals surface area contributed by atoms with Crippen LogP contribution in [0.25, 0.3) is 11.1 Å². The average molecular weight is 533 g/mol. The Morgan fingerprint density at radius 2 is 1.74 bits per heavy atom. The van der Waals surface area contributed by atoms with Gasteiger partial charge in [-0.15, -0.1) is 0 Å². The second-order valence-electron chi connectivity index (χ2n) is 8.97. The number of piperazine rings is 1. The van der Waals surface area contributed by atoms with Crippen LogP contribution in [0.4, 0.5) is 18.9 Å². The van der Waals surface area contributed by atoms with Crippen LogP contribution in [0, 0.1) is 6.92 Å². The monoisotopic (exact) mass is 532 g/mol. The molecule has 38 heavy (non-hydrogen) atoms. The van der Waals surface area contributed by atoms with E-state index in [0.29, 0.717) is 42.4 Å². The number of carbonyl (C=O) groups excluding carboxylic acids is 1. The number of nitrogens with zero attached hydrogens (tertiary/aromatic N) is 3. The van der Waals surface area contributed by atoms with Gasteiger partial charge in [0.05, 0.1) is 18.4 Å². The van der Waals surface area contributed by atoms with Crippen molar-refractivity contribution in [2.75, 3.05) is 57.9 Å². The molecule has 1 fully saturated rings. The summed E-state index contributed by atoms with van der Waals surface area (Å²) >= 11 is 0. The molecule has 1 saturated heterocycles. The number of hydrogen-bond donors (Lipinski definition) is 1. The summed E-state index contributed by atoms with van der Waals surface area (Å²) in [5, 5.41) is 6.90. The van der Waals surface area contributed by atoms with E-state index in [-0.39, 0.29) is 17.4 Å². The first kappa shape index (κ1) is 27.3. The SMILES string of the molecule is COc1ccccc1-c1c(C(=O)NCCCN2CCN(c3ccccc3OCC(F)(F)F)CC2)noc1C. The first-order chi connectivity index (χ1) is 18.3. The van der Waals surface area contributed by atoms with Crippen LogP contribution in [0.2, 0.25) is 0 Å². The number of benzene rings is 2. The van der Waals surface area contributed by atoms with Crippen LogP contribution in [0.3, 0.4) is 0 Å². The Bertz CT molecular complexity index is 1220. The smallest absolute Gasteiger partial charge is 0.422 e. The van der Waals surface area contributed by atoms with Gasteiger partial charge in [-0.3, -0.25) is 9.69 Å². The number of ether oxygens (including phenoxy) is 2. The van der Waals surface area contributed by atoms with E-state index in [1.54, 1.807) is 38.3 Å². The molecule has 1 amide bonds. The molecule has 0 unspecified atom stereocenters. The third-order valence-electron chi connectivity index (χ3n) is 6.36. The van der Waals surface area contributed by atoms with Gasteiger partial charge >= 0.3 is 6.18 Å². The molecule has 0 saturated carbocycles. The van der Waals surface area contributed by atoms with Crippen molar-refractivity contribution < 1.29 is 32.0 Å². The van der Waals surface area contributed by atoms with Crippen LogP contribution in [0.5, 0.6) is 11.5 Å². The summed E-state index contributed by atoms with van der Waals surface area (Å²) in [6, 6.07) is 14.2. The van der Waals surface area contributed by atoms with E-state index in [2.05, 4.69) is 15.4 Å². The highest BCUT2D eigenvalue weighted by atomic mass is 19.4. The molecule has 0 atom stereocenters. The van der Waals surface area contributed by atoms with Crippen LogP contribution in [-0.2, 0) is 0 Å². The molecular formula is C27H31F3N4O4. The number of anilines is 1. The van der Waals surface area contributed by atoms with Gasteiger partial charge < -0.3 is 24.2 Å². The number of methoxy groups -OCH3 is 1. The number of carbonyl (C=O) groups is 1. The highest BCUT2D eigenvalue weighted by molar-refractivity contribution is 6.00. The molecule has 2 aromatic carbocycles. The summed E-state index contributed by atoms with van der Waals surface area (Å²) in [4.78, 5) is 17.2. The first-order valence-corrected chi connectivity index (χ1v) is 12.4. The van der Waals surface area contributed by atoms with Crippen LogP contribution < -0.4 is 19.7 Å². The minimum Gasteiger partial charge on any atom is -0.496 e. The second-order valence-corrected chi connectivity index (χ2v) is 8.97. The molecule has 0 radical (unpaired) electrons. The molecule has 0 spiro atoms. The van der Waals surface area contributed by atoms with Crippen LogP contribution >= 0.6 is 0 Å². The number of rotatable bonds is 10. The topological polar surface area (TPSA) is 80.1 Å².